The van der Waals surface area contributed by atoms with E-state index >= 15 is 0 Å². The van der Waals surface area contributed by atoms with Gasteiger partial charge in [0.1, 0.15) is 28.4 Å². The van der Waals surface area contributed by atoms with Gasteiger partial charge in [0.2, 0.25) is 0 Å². The standard InChI is InChI=1S/C26H22F3N5O2S/c1-12-13(2)37-26-22(12)23(31-20(11-21(35)36-4)25-33-32-14(3)34(25)26)15-5-7-17(8-6-15)30-24-18(28)9-16(27)10-19(24)29/h5-10,20,30H,11H2,1-4H3/t20-/m0/s1. The summed E-state index contributed by atoms with van der Waals surface area (Å²) in [5.41, 5.74) is 3.28. The van der Waals surface area contributed by atoms with Crippen molar-refractivity contribution in [2.75, 3.05) is 12.4 Å². The Hall–Kier alpha value is -3.99. The highest BCUT2D eigenvalue weighted by atomic mass is 32.1. The van der Waals surface area contributed by atoms with Crippen molar-refractivity contribution in [3.05, 3.63) is 87.1 Å². The van der Waals surface area contributed by atoms with E-state index in [1.54, 1.807) is 35.6 Å². The fraction of sp³-hybridized carbons (Fsp3) is 0.231. The monoisotopic (exact) mass is 525 g/mol. The summed E-state index contributed by atoms with van der Waals surface area (Å²) in [6, 6.07) is 7.44. The fourth-order valence-corrected chi connectivity index (χ4v) is 5.50. The number of methoxy groups -OCH3 is 1. The van der Waals surface area contributed by atoms with Crippen LogP contribution in [0.5, 0.6) is 0 Å². The van der Waals surface area contributed by atoms with Gasteiger partial charge in [0.05, 0.1) is 19.2 Å². The normalized spacial score (nSPS) is 14.5. The van der Waals surface area contributed by atoms with Crippen LogP contribution in [-0.4, -0.2) is 33.6 Å². The molecule has 0 bridgehead atoms. The SMILES string of the molecule is COC(=O)C[C@@H]1N=C(c2ccc(Nc3c(F)cc(F)cc3F)cc2)c2c(sc(C)c2C)-n2c(C)nnc21. The number of rotatable bonds is 5. The number of carbonyl (C=O) groups is 1. The number of hydrogen-bond acceptors (Lipinski definition) is 7. The average Bonchev–Trinajstić information content (AvgIpc) is 3.33. The van der Waals surface area contributed by atoms with Crippen LogP contribution in [0.3, 0.4) is 0 Å². The Morgan fingerprint density at radius 1 is 1.08 bits per heavy atom. The third-order valence-corrected chi connectivity index (χ3v) is 7.45. The molecule has 0 unspecified atom stereocenters. The van der Waals surface area contributed by atoms with Crippen LogP contribution in [0.2, 0.25) is 0 Å². The number of esters is 1. The maximum Gasteiger partial charge on any atom is 0.308 e. The molecule has 0 radical (unpaired) electrons. The Morgan fingerprint density at radius 2 is 1.76 bits per heavy atom. The molecule has 1 aliphatic heterocycles. The van der Waals surface area contributed by atoms with E-state index in [0.717, 1.165) is 26.6 Å². The van der Waals surface area contributed by atoms with Gasteiger partial charge in [-0.3, -0.25) is 14.4 Å². The van der Waals surface area contributed by atoms with Crippen molar-refractivity contribution in [1.29, 1.82) is 0 Å². The molecule has 2 aromatic carbocycles. The quantitative estimate of drug-likeness (QED) is 0.330. The smallest absolute Gasteiger partial charge is 0.308 e. The second kappa shape index (κ2) is 9.47. The molecule has 0 spiro atoms. The number of nitrogens with one attached hydrogen (secondary N) is 1. The van der Waals surface area contributed by atoms with Crippen LogP contribution < -0.4 is 5.32 Å². The summed E-state index contributed by atoms with van der Waals surface area (Å²) in [5, 5.41) is 12.1. The molecule has 1 aliphatic rings. The summed E-state index contributed by atoms with van der Waals surface area (Å²) in [4.78, 5) is 18.3. The first-order valence-corrected chi connectivity index (χ1v) is 12.2. The summed E-state index contributed by atoms with van der Waals surface area (Å²) in [6.45, 7) is 5.88. The van der Waals surface area contributed by atoms with Crippen molar-refractivity contribution in [3.63, 3.8) is 0 Å². The average molecular weight is 526 g/mol. The van der Waals surface area contributed by atoms with Gasteiger partial charge in [-0.1, -0.05) is 12.1 Å². The van der Waals surface area contributed by atoms with E-state index in [-0.39, 0.29) is 6.42 Å². The zero-order valence-corrected chi connectivity index (χ0v) is 21.2. The molecule has 11 heteroatoms. The van der Waals surface area contributed by atoms with Crippen molar-refractivity contribution in [1.82, 2.24) is 14.8 Å². The van der Waals surface area contributed by atoms with Gasteiger partial charge >= 0.3 is 5.97 Å². The molecule has 0 aliphatic carbocycles. The Kier molecular flexibility index (Phi) is 6.32. The number of aromatic nitrogens is 3. The number of aliphatic imine (C=N–C) groups is 1. The fourth-order valence-electron chi connectivity index (χ4n) is 4.28. The molecule has 190 valence electrons. The van der Waals surface area contributed by atoms with Crippen molar-refractivity contribution in [2.24, 2.45) is 4.99 Å². The van der Waals surface area contributed by atoms with Gasteiger partial charge in [-0.15, -0.1) is 21.5 Å². The minimum absolute atomic E-state index is 0.0200. The molecular formula is C26H22F3N5O2S. The largest absolute Gasteiger partial charge is 0.469 e. The summed E-state index contributed by atoms with van der Waals surface area (Å²) in [6.07, 6.45) is -0.0200. The van der Waals surface area contributed by atoms with Gasteiger partial charge in [0.25, 0.3) is 0 Å². The van der Waals surface area contributed by atoms with Gasteiger partial charge in [-0.05, 0) is 38.5 Å². The summed E-state index contributed by atoms with van der Waals surface area (Å²) in [7, 11) is 1.32. The molecular weight excluding hydrogens is 503 g/mol. The van der Waals surface area contributed by atoms with E-state index in [1.807, 2.05) is 25.3 Å². The van der Waals surface area contributed by atoms with Crippen molar-refractivity contribution in [3.8, 4) is 5.00 Å². The molecule has 5 rings (SSSR count). The van der Waals surface area contributed by atoms with Gasteiger partial charge in [-0.25, -0.2) is 13.2 Å². The van der Waals surface area contributed by atoms with Crippen molar-refractivity contribution >= 4 is 34.4 Å². The molecule has 0 saturated carbocycles. The molecule has 7 nitrogen and oxygen atoms in total. The molecule has 0 saturated heterocycles. The summed E-state index contributed by atoms with van der Waals surface area (Å²) < 4.78 is 48.3. The minimum Gasteiger partial charge on any atom is -0.469 e. The van der Waals surface area contributed by atoms with Crippen LogP contribution in [-0.2, 0) is 9.53 Å². The van der Waals surface area contributed by atoms with E-state index in [9.17, 15) is 18.0 Å². The molecule has 2 aromatic heterocycles. The number of aryl methyl sites for hydroxylation is 2. The number of nitrogens with zero attached hydrogens (tertiary/aromatic N) is 4. The van der Waals surface area contributed by atoms with E-state index in [0.29, 0.717) is 35.2 Å². The lowest BCUT2D eigenvalue weighted by atomic mass is 9.99. The lowest BCUT2D eigenvalue weighted by Gasteiger charge is -2.13. The maximum atomic E-state index is 14.1. The zero-order chi connectivity index (χ0) is 26.4. The highest BCUT2D eigenvalue weighted by Gasteiger charge is 2.32. The number of ether oxygens (including phenoxy) is 1. The van der Waals surface area contributed by atoms with E-state index < -0.39 is 35.2 Å². The lowest BCUT2D eigenvalue weighted by molar-refractivity contribution is -0.141. The second-order valence-electron chi connectivity index (χ2n) is 8.62. The Balaban J connectivity index is 1.60. The van der Waals surface area contributed by atoms with Crippen LogP contribution in [0.25, 0.3) is 5.00 Å². The molecule has 1 atom stereocenters. The summed E-state index contributed by atoms with van der Waals surface area (Å²) >= 11 is 1.59. The molecule has 0 amide bonds. The predicted molar refractivity (Wildman–Crippen MR) is 135 cm³/mol. The highest BCUT2D eigenvalue weighted by Crippen LogP contribution is 2.39. The summed E-state index contributed by atoms with van der Waals surface area (Å²) in [5.74, 6) is -2.28. The van der Waals surface area contributed by atoms with E-state index in [2.05, 4.69) is 15.5 Å². The third-order valence-electron chi connectivity index (χ3n) is 6.26. The van der Waals surface area contributed by atoms with Crippen LogP contribution >= 0.6 is 11.3 Å². The van der Waals surface area contributed by atoms with Crippen molar-refractivity contribution < 1.29 is 22.7 Å². The first kappa shape index (κ1) is 24.7. The third kappa shape index (κ3) is 4.39. The van der Waals surface area contributed by atoms with E-state index in [4.69, 9.17) is 9.73 Å². The zero-order valence-electron chi connectivity index (χ0n) is 20.4. The van der Waals surface area contributed by atoms with Gasteiger partial charge in [0, 0.05) is 33.8 Å². The first-order valence-electron chi connectivity index (χ1n) is 11.4. The van der Waals surface area contributed by atoms with Crippen LogP contribution in [0, 0.1) is 38.2 Å². The number of carbonyl (C=O) groups excluding carboxylic acids is 1. The Labute approximate surface area is 214 Å². The molecule has 37 heavy (non-hydrogen) atoms. The first-order chi connectivity index (χ1) is 17.7. The molecule has 1 N–H and O–H groups in total. The molecule has 3 heterocycles. The maximum absolute atomic E-state index is 14.1. The topological polar surface area (TPSA) is 81.4 Å². The van der Waals surface area contributed by atoms with Crippen molar-refractivity contribution in [2.45, 2.75) is 33.2 Å². The van der Waals surface area contributed by atoms with Crippen LogP contribution in [0.1, 0.15) is 45.7 Å². The van der Waals surface area contributed by atoms with Gasteiger partial charge in [0.15, 0.2) is 17.5 Å². The minimum atomic E-state index is -1.03. The second-order valence-corrected chi connectivity index (χ2v) is 9.83. The Morgan fingerprint density at radius 3 is 2.41 bits per heavy atom. The number of fused-ring (bicyclic) bond motifs is 3. The number of thiophene rings is 1. The molecule has 4 aromatic rings. The molecule has 0 fully saturated rings. The van der Waals surface area contributed by atoms with E-state index in [1.165, 1.54) is 7.11 Å². The lowest BCUT2D eigenvalue weighted by Crippen LogP contribution is -2.12. The van der Waals surface area contributed by atoms with Crippen LogP contribution in [0.4, 0.5) is 24.5 Å². The predicted octanol–water partition coefficient (Wildman–Crippen LogP) is 5.87. The Bertz CT molecular complexity index is 1540. The number of anilines is 2. The highest BCUT2D eigenvalue weighted by molar-refractivity contribution is 7.15. The van der Waals surface area contributed by atoms with Gasteiger partial charge in [-0.2, -0.15) is 0 Å². The van der Waals surface area contributed by atoms with Crippen LogP contribution in [0.15, 0.2) is 41.4 Å². The van der Waals surface area contributed by atoms with Gasteiger partial charge < -0.3 is 10.1 Å². The number of hydrogen-bond donors (Lipinski definition) is 1. The number of halogens is 3. The number of benzene rings is 2.